The van der Waals surface area contributed by atoms with Crippen molar-refractivity contribution in [3.63, 3.8) is 0 Å². The van der Waals surface area contributed by atoms with Crippen molar-refractivity contribution in [1.82, 2.24) is 5.32 Å². The van der Waals surface area contributed by atoms with Crippen LogP contribution in [0, 0.1) is 0 Å². The van der Waals surface area contributed by atoms with E-state index in [1.54, 1.807) is 0 Å². The van der Waals surface area contributed by atoms with E-state index in [1.807, 2.05) is 0 Å². The van der Waals surface area contributed by atoms with Crippen molar-refractivity contribution >= 4 is 5.97 Å². The van der Waals surface area contributed by atoms with E-state index in [9.17, 15) is 4.79 Å². The molecular weight excluding hydrogens is 158 g/mol. The van der Waals surface area contributed by atoms with Gasteiger partial charge in [-0.2, -0.15) is 0 Å². The third-order valence-electron chi connectivity index (χ3n) is 2.58. The maximum Gasteiger partial charge on any atom is 0.322 e. The molecule has 3 atom stereocenters. The number of hydrogen-bond acceptors (Lipinski definition) is 4. The van der Waals surface area contributed by atoms with Crippen molar-refractivity contribution in [2.24, 2.45) is 0 Å². The van der Waals surface area contributed by atoms with E-state index in [0.29, 0.717) is 6.04 Å². The zero-order valence-corrected chi connectivity index (χ0v) is 7.08. The summed E-state index contributed by atoms with van der Waals surface area (Å²) in [5, 5.41) is 3.20. The van der Waals surface area contributed by atoms with Crippen LogP contribution in [0.3, 0.4) is 0 Å². The molecule has 0 aromatic carbocycles. The van der Waals surface area contributed by atoms with E-state index in [2.05, 4.69) is 10.1 Å². The highest BCUT2D eigenvalue weighted by atomic mass is 16.5. The van der Waals surface area contributed by atoms with Gasteiger partial charge in [0.05, 0.1) is 13.2 Å². The molecule has 4 heteroatoms. The van der Waals surface area contributed by atoms with Gasteiger partial charge in [0.25, 0.3) is 0 Å². The van der Waals surface area contributed by atoms with Gasteiger partial charge in [0.15, 0.2) is 0 Å². The molecule has 0 aromatic rings. The molecule has 12 heavy (non-hydrogen) atoms. The first kappa shape index (κ1) is 8.01. The average molecular weight is 171 g/mol. The monoisotopic (exact) mass is 171 g/mol. The van der Waals surface area contributed by atoms with Crippen molar-refractivity contribution in [3.05, 3.63) is 0 Å². The lowest BCUT2D eigenvalue weighted by Gasteiger charge is -2.08. The van der Waals surface area contributed by atoms with Gasteiger partial charge in [0.2, 0.25) is 0 Å². The number of rotatable bonds is 1. The first-order valence-corrected chi connectivity index (χ1v) is 4.26. The Labute approximate surface area is 71.2 Å². The number of methoxy groups -OCH3 is 1. The third kappa shape index (κ3) is 1.21. The Morgan fingerprint density at radius 3 is 3.17 bits per heavy atom. The summed E-state index contributed by atoms with van der Waals surface area (Å²) >= 11 is 0. The van der Waals surface area contributed by atoms with Crippen LogP contribution in [0.1, 0.15) is 12.8 Å². The summed E-state index contributed by atoms with van der Waals surface area (Å²) < 4.78 is 10.1. The molecule has 1 N–H and O–H groups in total. The molecular formula is C8H13NO3. The number of hydrogen-bond donors (Lipinski definition) is 1. The van der Waals surface area contributed by atoms with Crippen LogP contribution >= 0.6 is 0 Å². The second-order valence-electron chi connectivity index (χ2n) is 3.28. The van der Waals surface area contributed by atoms with Crippen LogP contribution in [0.4, 0.5) is 0 Å². The normalized spacial score (nSPS) is 39.6. The Bertz CT molecular complexity index is 183. The number of fused-ring (bicyclic) bond motifs is 1. The lowest BCUT2D eigenvalue weighted by molar-refractivity contribution is -0.143. The zero-order chi connectivity index (χ0) is 8.55. The molecule has 0 bridgehead atoms. The summed E-state index contributed by atoms with van der Waals surface area (Å²) in [5.41, 5.74) is 0. The van der Waals surface area contributed by atoms with E-state index >= 15 is 0 Å². The summed E-state index contributed by atoms with van der Waals surface area (Å²) in [6.07, 6.45) is 2.00. The standard InChI is InChI=1S/C8H13NO3/c1-11-8(10)6-4-7-5(9-6)2-3-12-7/h5-7,9H,2-4H2,1H3. The van der Waals surface area contributed by atoms with E-state index in [-0.39, 0.29) is 18.1 Å². The lowest BCUT2D eigenvalue weighted by Crippen LogP contribution is -2.36. The smallest absolute Gasteiger partial charge is 0.322 e. The van der Waals surface area contributed by atoms with Crippen LogP contribution in [0.2, 0.25) is 0 Å². The summed E-state index contributed by atoms with van der Waals surface area (Å²) in [6, 6.07) is 0.222. The Balaban J connectivity index is 1.94. The van der Waals surface area contributed by atoms with Gasteiger partial charge < -0.3 is 9.47 Å². The minimum Gasteiger partial charge on any atom is -0.468 e. The molecule has 0 amide bonds. The highest BCUT2D eigenvalue weighted by Gasteiger charge is 2.41. The van der Waals surface area contributed by atoms with Crippen LogP contribution in [0.25, 0.3) is 0 Å². The quantitative estimate of drug-likeness (QED) is 0.549. The Morgan fingerprint density at radius 1 is 1.67 bits per heavy atom. The molecule has 0 aromatic heterocycles. The van der Waals surface area contributed by atoms with E-state index in [0.717, 1.165) is 19.4 Å². The summed E-state index contributed by atoms with van der Waals surface area (Å²) in [5.74, 6) is -0.173. The van der Waals surface area contributed by atoms with Crippen LogP contribution < -0.4 is 5.32 Å². The van der Waals surface area contributed by atoms with E-state index < -0.39 is 0 Å². The van der Waals surface area contributed by atoms with Gasteiger partial charge in [-0.1, -0.05) is 0 Å². The van der Waals surface area contributed by atoms with Gasteiger partial charge in [-0.25, -0.2) is 0 Å². The van der Waals surface area contributed by atoms with Crippen molar-refractivity contribution in [2.45, 2.75) is 31.0 Å². The maximum absolute atomic E-state index is 11.1. The lowest BCUT2D eigenvalue weighted by atomic mass is 10.1. The van der Waals surface area contributed by atoms with Gasteiger partial charge in [-0.15, -0.1) is 0 Å². The molecule has 3 unspecified atom stereocenters. The van der Waals surface area contributed by atoms with Gasteiger partial charge in [-0.05, 0) is 6.42 Å². The van der Waals surface area contributed by atoms with Crippen molar-refractivity contribution in [2.75, 3.05) is 13.7 Å². The predicted octanol–water partition coefficient (Wildman–Crippen LogP) is -0.321. The molecule has 2 aliphatic rings. The predicted molar refractivity (Wildman–Crippen MR) is 41.7 cm³/mol. The molecule has 0 aliphatic carbocycles. The summed E-state index contributed by atoms with van der Waals surface area (Å²) in [4.78, 5) is 11.1. The molecule has 2 aliphatic heterocycles. The minimum absolute atomic E-state index is 0.148. The number of carbonyl (C=O) groups is 1. The van der Waals surface area contributed by atoms with Crippen molar-refractivity contribution < 1.29 is 14.3 Å². The number of ether oxygens (including phenoxy) is 2. The van der Waals surface area contributed by atoms with Gasteiger partial charge in [0.1, 0.15) is 6.04 Å². The zero-order valence-electron chi connectivity index (χ0n) is 7.08. The summed E-state index contributed by atoms with van der Waals surface area (Å²) in [7, 11) is 1.42. The first-order valence-electron chi connectivity index (χ1n) is 4.26. The first-order chi connectivity index (χ1) is 5.81. The van der Waals surface area contributed by atoms with E-state index in [1.165, 1.54) is 7.11 Å². The van der Waals surface area contributed by atoms with Crippen LogP contribution in [-0.4, -0.2) is 37.9 Å². The van der Waals surface area contributed by atoms with Gasteiger partial charge in [0, 0.05) is 19.1 Å². The second kappa shape index (κ2) is 3.03. The van der Waals surface area contributed by atoms with Gasteiger partial charge >= 0.3 is 5.97 Å². The molecule has 2 fully saturated rings. The number of nitrogens with one attached hydrogen (secondary N) is 1. The van der Waals surface area contributed by atoms with Crippen molar-refractivity contribution in [1.29, 1.82) is 0 Å². The Morgan fingerprint density at radius 2 is 2.50 bits per heavy atom. The molecule has 2 rings (SSSR count). The van der Waals surface area contributed by atoms with Crippen LogP contribution in [-0.2, 0) is 14.3 Å². The fourth-order valence-electron chi connectivity index (χ4n) is 1.94. The minimum atomic E-state index is -0.173. The molecule has 0 radical (unpaired) electrons. The molecule has 2 saturated heterocycles. The fourth-order valence-corrected chi connectivity index (χ4v) is 1.94. The third-order valence-corrected chi connectivity index (χ3v) is 2.58. The largest absolute Gasteiger partial charge is 0.468 e. The highest BCUT2D eigenvalue weighted by molar-refractivity contribution is 5.76. The highest BCUT2D eigenvalue weighted by Crippen LogP contribution is 2.25. The summed E-state index contributed by atoms with van der Waals surface area (Å²) in [6.45, 7) is 0.816. The average Bonchev–Trinajstić information content (AvgIpc) is 2.60. The molecule has 4 nitrogen and oxygen atoms in total. The van der Waals surface area contributed by atoms with Crippen LogP contribution in [0.5, 0.6) is 0 Å². The fraction of sp³-hybridized carbons (Fsp3) is 0.875. The Hall–Kier alpha value is -0.610. The maximum atomic E-state index is 11.1. The molecule has 0 spiro atoms. The molecule has 0 saturated carbocycles. The van der Waals surface area contributed by atoms with Gasteiger partial charge in [-0.3, -0.25) is 10.1 Å². The molecule has 68 valence electrons. The Kier molecular flexibility index (Phi) is 2.02. The molecule has 2 heterocycles. The van der Waals surface area contributed by atoms with Crippen molar-refractivity contribution in [3.8, 4) is 0 Å². The van der Waals surface area contributed by atoms with E-state index in [4.69, 9.17) is 4.74 Å². The number of esters is 1. The second-order valence-corrected chi connectivity index (χ2v) is 3.28. The SMILES string of the molecule is COC(=O)C1CC2OCCC2N1. The van der Waals surface area contributed by atoms with Crippen LogP contribution in [0.15, 0.2) is 0 Å². The topological polar surface area (TPSA) is 47.6 Å². The number of carbonyl (C=O) groups excluding carboxylic acids is 1.